The average molecular weight is 523 g/mol. The molecule has 1 unspecified atom stereocenters. The van der Waals surface area contributed by atoms with Crippen molar-refractivity contribution < 1.29 is 0 Å². The van der Waals surface area contributed by atoms with E-state index in [0.29, 0.717) is 0 Å². The van der Waals surface area contributed by atoms with Crippen molar-refractivity contribution in [2.75, 3.05) is 9.80 Å². The number of aromatic nitrogens is 2. The first kappa shape index (κ1) is 24.6. The highest BCUT2D eigenvalue weighted by Crippen LogP contribution is 2.53. The van der Waals surface area contributed by atoms with E-state index in [1.807, 2.05) is 0 Å². The molecule has 2 aliphatic heterocycles. The monoisotopic (exact) mass is 522 g/mol. The van der Waals surface area contributed by atoms with Crippen LogP contribution in [0.1, 0.15) is 38.9 Å². The fourth-order valence-corrected chi connectivity index (χ4v) is 7.05. The summed E-state index contributed by atoms with van der Waals surface area (Å²) in [6, 6.07) is 28.4. The maximum absolute atomic E-state index is 5.59. The molecule has 0 bridgehead atoms. The normalized spacial score (nSPS) is 15.3. The summed E-state index contributed by atoms with van der Waals surface area (Å²) in [5.74, 6) is 1.85. The third-order valence-corrected chi connectivity index (χ3v) is 8.43. The van der Waals surface area contributed by atoms with Crippen LogP contribution in [-0.4, -0.2) is 16.1 Å². The molecule has 0 spiro atoms. The molecule has 0 saturated carbocycles. The van der Waals surface area contributed by atoms with Gasteiger partial charge in [0.1, 0.15) is 6.17 Å². The van der Waals surface area contributed by atoms with Gasteiger partial charge in [-0.3, -0.25) is 0 Å². The predicted octanol–water partition coefficient (Wildman–Crippen LogP) is 8.83. The Morgan fingerprint density at radius 2 is 1.05 bits per heavy atom. The number of anilines is 4. The Balaban J connectivity index is 1.58. The Bertz CT molecular complexity index is 1680. The van der Waals surface area contributed by atoms with Crippen LogP contribution >= 0.6 is 0 Å². The number of nitrogens with zero attached hydrogens (tertiary/aromatic N) is 4. The lowest BCUT2D eigenvalue weighted by Gasteiger charge is -2.26. The summed E-state index contributed by atoms with van der Waals surface area (Å²) in [7, 11) is 0. The predicted molar refractivity (Wildman–Crippen MR) is 166 cm³/mol. The van der Waals surface area contributed by atoms with Gasteiger partial charge in [-0.1, -0.05) is 71.8 Å². The third-order valence-electron chi connectivity index (χ3n) is 8.43. The van der Waals surface area contributed by atoms with Gasteiger partial charge < -0.3 is 9.80 Å². The van der Waals surface area contributed by atoms with E-state index < -0.39 is 0 Å². The van der Waals surface area contributed by atoms with Crippen molar-refractivity contribution >= 4 is 23.0 Å². The molecule has 0 amide bonds. The van der Waals surface area contributed by atoms with Crippen LogP contribution in [0.15, 0.2) is 78.9 Å². The molecule has 0 aliphatic carbocycles. The number of hydrogen-bond acceptors (Lipinski definition) is 4. The van der Waals surface area contributed by atoms with Crippen LogP contribution in [0.3, 0.4) is 0 Å². The second kappa shape index (κ2) is 9.06. The fraction of sp³-hybridized carbons (Fsp3) is 0.222. The molecule has 0 N–H and O–H groups in total. The van der Waals surface area contributed by atoms with Crippen molar-refractivity contribution in [3.63, 3.8) is 0 Å². The minimum atomic E-state index is 0.0957. The zero-order valence-electron chi connectivity index (χ0n) is 24.1. The van der Waals surface area contributed by atoms with Gasteiger partial charge in [-0.25, -0.2) is 9.97 Å². The highest BCUT2D eigenvalue weighted by Gasteiger charge is 2.45. The van der Waals surface area contributed by atoms with Crippen LogP contribution in [-0.2, 0) is 6.42 Å². The van der Waals surface area contributed by atoms with Gasteiger partial charge in [-0.15, -0.1) is 0 Å². The quantitative estimate of drug-likeness (QED) is 0.237. The number of aryl methyl sites for hydroxylation is 6. The molecule has 5 aromatic rings. The number of fused-ring (bicyclic) bond motifs is 5. The maximum Gasteiger partial charge on any atom is 0.179 e. The molecular formula is C36H34N4. The van der Waals surface area contributed by atoms with Crippen molar-refractivity contribution in [1.82, 2.24) is 9.97 Å². The van der Waals surface area contributed by atoms with Gasteiger partial charge >= 0.3 is 0 Å². The smallest absolute Gasteiger partial charge is 0.179 e. The van der Waals surface area contributed by atoms with Crippen LogP contribution < -0.4 is 9.80 Å². The van der Waals surface area contributed by atoms with Crippen LogP contribution in [0.2, 0.25) is 0 Å². The van der Waals surface area contributed by atoms with E-state index in [1.54, 1.807) is 0 Å². The molecule has 2 aliphatic rings. The molecule has 4 nitrogen and oxygen atoms in total. The van der Waals surface area contributed by atoms with E-state index in [0.717, 1.165) is 35.1 Å². The van der Waals surface area contributed by atoms with Crippen LogP contribution in [0.5, 0.6) is 0 Å². The number of hydrogen-bond donors (Lipinski definition) is 0. The minimum absolute atomic E-state index is 0.0957. The van der Waals surface area contributed by atoms with Gasteiger partial charge in [0.15, 0.2) is 11.6 Å². The molecule has 3 heterocycles. The van der Waals surface area contributed by atoms with E-state index in [-0.39, 0.29) is 6.17 Å². The van der Waals surface area contributed by atoms with Crippen LogP contribution in [0.4, 0.5) is 23.0 Å². The number of benzene rings is 4. The van der Waals surface area contributed by atoms with Crippen molar-refractivity contribution in [2.24, 2.45) is 0 Å². The lowest BCUT2D eigenvalue weighted by Crippen LogP contribution is -2.36. The summed E-state index contributed by atoms with van der Waals surface area (Å²) in [6.45, 7) is 13.1. The number of rotatable bonds is 3. The molecule has 4 aromatic carbocycles. The standard InChI is InChI=1S/C36H34N4/c1-21-16-23(3)31(24(4)17-21)33-34(32-25(5)18-22(2)19-26(32)6)38-36-35(37-33)39(28-13-8-7-9-14-28)30-20-27-12-10-11-15-29(27)40(30)36/h7-19,30H,20H2,1-6H3. The average Bonchev–Trinajstić information content (AvgIpc) is 3.42. The minimum Gasteiger partial charge on any atom is -0.301 e. The SMILES string of the molecule is Cc1cc(C)c(-c2nc3c(nc2-c2c(C)cc(C)cc2C)N2c4ccccc4CC2N3c2ccccc2)c(C)c1. The molecule has 198 valence electrons. The third kappa shape index (κ3) is 3.66. The molecular weight excluding hydrogens is 488 g/mol. The van der Waals surface area contributed by atoms with Crippen molar-refractivity contribution in [3.05, 3.63) is 118 Å². The van der Waals surface area contributed by atoms with E-state index >= 15 is 0 Å². The summed E-state index contributed by atoms with van der Waals surface area (Å²) in [5, 5.41) is 0. The second-order valence-corrected chi connectivity index (χ2v) is 11.5. The van der Waals surface area contributed by atoms with Gasteiger partial charge in [0.05, 0.1) is 11.4 Å². The van der Waals surface area contributed by atoms with Gasteiger partial charge in [-0.05, 0) is 87.6 Å². The summed E-state index contributed by atoms with van der Waals surface area (Å²) >= 11 is 0. The van der Waals surface area contributed by atoms with Crippen molar-refractivity contribution in [3.8, 4) is 22.5 Å². The molecule has 0 saturated heterocycles. The summed E-state index contributed by atoms with van der Waals surface area (Å²) in [6.07, 6.45) is 1.01. The van der Waals surface area contributed by atoms with E-state index in [9.17, 15) is 0 Å². The van der Waals surface area contributed by atoms with Gasteiger partial charge in [0.2, 0.25) is 0 Å². The molecule has 40 heavy (non-hydrogen) atoms. The zero-order valence-corrected chi connectivity index (χ0v) is 24.1. The Hall–Kier alpha value is -4.44. The lowest BCUT2D eigenvalue weighted by atomic mass is 9.91. The molecule has 1 atom stereocenters. The van der Waals surface area contributed by atoms with Gasteiger partial charge in [0, 0.05) is 28.9 Å². The molecule has 7 rings (SSSR count). The first-order valence-corrected chi connectivity index (χ1v) is 14.1. The molecule has 4 heteroatoms. The maximum atomic E-state index is 5.59. The Labute approximate surface area is 237 Å². The summed E-state index contributed by atoms with van der Waals surface area (Å²) in [4.78, 5) is 16.0. The highest BCUT2D eigenvalue weighted by molar-refractivity contribution is 5.93. The van der Waals surface area contributed by atoms with Crippen LogP contribution in [0, 0.1) is 41.5 Å². The first-order valence-electron chi connectivity index (χ1n) is 14.1. The van der Waals surface area contributed by atoms with Crippen molar-refractivity contribution in [1.29, 1.82) is 0 Å². The second-order valence-electron chi connectivity index (χ2n) is 11.5. The van der Waals surface area contributed by atoms with E-state index in [4.69, 9.17) is 9.97 Å². The van der Waals surface area contributed by atoms with Crippen LogP contribution in [0.25, 0.3) is 22.5 Å². The zero-order chi connectivity index (χ0) is 27.7. The summed E-state index contributed by atoms with van der Waals surface area (Å²) < 4.78 is 0. The lowest BCUT2D eigenvalue weighted by molar-refractivity contribution is 0.723. The Morgan fingerprint density at radius 3 is 1.60 bits per heavy atom. The summed E-state index contributed by atoms with van der Waals surface area (Å²) in [5.41, 5.74) is 15.4. The van der Waals surface area contributed by atoms with E-state index in [2.05, 4.69) is 130 Å². The topological polar surface area (TPSA) is 32.3 Å². The fourth-order valence-electron chi connectivity index (χ4n) is 7.05. The largest absolute Gasteiger partial charge is 0.301 e. The highest BCUT2D eigenvalue weighted by atomic mass is 15.5. The van der Waals surface area contributed by atoms with E-state index in [1.165, 1.54) is 55.8 Å². The van der Waals surface area contributed by atoms with Crippen molar-refractivity contribution in [2.45, 2.75) is 54.1 Å². The first-order chi connectivity index (χ1) is 19.3. The molecule has 1 aromatic heterocycles. The van der Waals surface area contributed by atoms with Gasteiger partial charge in [0.25, 0.3) is 0 Å². The Kier molecular flexibility index (Phi) is 5.57. The number of para-hydroxylation sites is 2. The Morgan fingerprint density at radius 1 is 0.575 bits per heavy atom. The molecule has 0 fully saturated rings. The van der Waals surface area contributed by atoms with Gasteiger partial charge in [-0.2, -0.15) is 0 Å². The molecule has 0 radical (unpaired) electrons.